The van der Waals surface area contributed by atoms with Crippen LogP contribution in [0.25, 0.3) is 0 Å². The van der Waals surface area contributed by atoms with Crippen LogP contribution in [0.3, 0.4) is 0 Å². The van der Waals surface area contributed by atoms with Crippen LogP contribution in [-0.4, -0.2) is 68.8 Å². The number of para-hydroxylation sites is 1. The molecule has 0 unspecified atom stereocenters. The first-order valence-corrected chi connectivity index (χ1v) is 8.42. The molecule has 0 spiro atoms. The van der Waals surface area contributed by atoms with Crippen LogP contribution in [0.2, 0.25) is 0 Å². The number of nitrogens with zero attached hydrogens (tertiary/aromatic N) is 2. The Labute approximate surface area is 141 Å². The van der Waals surface area contributed by atoms with Crippen molar-refractivity contribution in [3.8, 4) is 0 Å². The van der Waals surface area contributed by atoms with E-state index in [1.807, 2.05) is 30.3 Å². The van der Waals surface area contributed by atoms with Crippen molar-refractivity contribution in [1.82, 2.24) is 15.5 Å². The third kappa shape index (κ3) is 4.46. The highest BCUT2D eigenvalue weighted by Crippen LogP contribution is 2.20. The smallest absolute Gasteiger partial charge is 0.315 e. The summed E-state index contributed by atoms with van der Waals surface area (Å²) in [5.41, 5.74) is 0.875. The monoisotopic (exact) mass is 332 g/mol. The van der Waals surface area contributed by atoms with E-state index in [0.29, 0.717) is 19.5 Å². The summed E-state index contributed by atoms with van der Waals surface area (Å²) in [7, 11) is 0. The molecule has 0 aliphatic carbocycles. The molecule has 130 valence electrons. The minimum atomic E-state index is -0.212. The van der Waals surface area contributed by atoms with Crippen molar-refractivity contribution in [3.63, 3.8) is 0 Å². The number of nitrogens with one attached hydrogen (secondary N) is 2. The number of carbonyl (C=O) groups is 2. The molecule has 0 saturated carbocycles. The molecule has 24 heavy (non-hydrogen) atoms. The predicted molar refractivity (Wildman–Crippen MR) is 91.0 cm³/mol. The van der Waals surface area contributed by atoms with Gasteiger partial charge >= 0.3 is 6.03 Å². The number of carbonyl (C=O) groups excluding carboxylic acids is 2. The Bertz CT molecular complexity index is 560. The van der Waals surface area contributed by atoms with Gasteiger partial charge in [0.1, 0.15) is 0 Å². The molecule has 2 aliphatic rings. The van der Waals surface area contributed by atoms with Crippen LogP contribution in [0.15, 0.2) is 30.3 Å². The molecule has 0 bridgehead atoms. The van der Waals surface area contributed by atoms with Crippen molar-refractivity contribution < 1.29 is 14.3 Å². The first kappa shape index (κ1) is 16.7. The van der Waals surface area contributed by atoms with E-state index in [1.165, 1.54) is 0 Å². The Hall–Kier alpha value is -2.12. The van der Waals surface area contributed by atoms with Gasteiger partial charge in [0.2, 0.25) is 5.91 Å². The van der Waals surface area contributed by atoms with Crippen LogP contribution in [-0.2, 0) is 9.53 Å². The lowest BCUT2D eigenvalue weighted by atomic mass is 10.2. The van der Waals surface area contributed by atoms with Gasteiger partial charge in [0.15, 0.2) is 0 Å². The maximum Gasteiger partial charge on any atom is 0.315 e. The van der Waals surface area contributed by atoms with Crippen molar-refractivity contribution in [2.75, 3.05) is 50.8 Å². The minimum Gasteiger partial charge on any atom is -0.379 e. The van der Waals surface area contributed by atoms with Crippen LogP contribution in [0, 0.1) is 0 Å². The maximum atomic E-state index is 12.1. The largest absolute Gasteiger partial charge is 0.379 e. The molecule has 3 rings (SSSR count). The first-order valence-electron chi connectivity index (χ1n) is 8.42. The minimum absolute atomic E-state index is 0.0415. The van der Waals surface area contributed by atoms with Gasteiger partial charge in [0, 0.05) is 44.8 Å². The quantitative estimate of drug-likeness (QED) is 0.820. The third-order valence-corrected chi connectivity index (χ3v) is 4.35. The lowest BCUT2D eigenvalue weighted by Crippen LogP contribution is -2.46. The van der Waals surface area contributed by atoms with E-state index < -0.39 is 0 Å². The zero-order valence-electron chi connectivity index (χ0n) is 13.7. The zero-order valence-corrected chi connectivity index (χ0v) is 13.7. The van der Waals surface area contributed by atoms with Gasteiger partial charge in [-0.3, -0.25) is 9.69 Å². The molecular formula is C17H24N4O3. The Balaban J connectivity index is 1.40. The molecule has 7 nitrogen and oxygen atoms in total. The van der Waals surface area contributed by atoms with Crippen LogP contribution in [0.4, 0.5) is 10.5 Å². The molecule has 2 aliphatic heterocycles. The number of ether oxygens (including phenoxy) is 1. The summed E-state index contributed by atoms with van der Waals surface area (Å²) in [6, 6.07) is 9.17. The van der Waals surface area contributed by atoms with E-state index in [1.54, 1.807) is 4.90 Å². The van der Waals surface area contributed by atoms with Gasteiger partial charge in [-0.1, -0.05) is 18.2 Å². The fourth-order valence-electron chi connectivity index (χ4n) is 3.05. The number of benzene rings is 1. The van der Waals surface area contributed by atoms with E-state index in [2.05, 4.69) is 15.5 Å². The second kappa shape index (κ2) is 8.12. The topological polar surface area (TPSA) is 73.9 Å². The second-order valence-electron chi connectivity index (χ2n) is 6.10. The van der Waals surface area contributed by atoms with Crippen molar-refractivity contribution >= 4 is 17.6 Å². The summed E-state index contributed by atoms with van der Waals surface area (Å²) >= 11 is 0. The molecule has 2 fully saturated rings. The van der Waals surface area contributed by atoms with Crippen LogP contribution < -0.4 is 15.5 Å². The Morgan fingerprint density at radius 2 is 1.96 bits per heavy atom. The van der Waals surface area contributed by atoms with Gasteiger partial charge in [-0.15, -0.1) is 0 Å². The molecule has 1 atom stereocenters. The van der Waals surface area contributed by atoms with Crippen LogP contribution >= 0.6 is 0 Å². The van der Waals surface area contributed by atoms with Crippen molar-refractivity contribution in [2.45, 2.75) is 12.5 Å². The highest BCUT2D eigenvalue weighted by atomic mass is 16.5. The molecular weight excluding hydrogens is 308 g/mol. The molecule has 7 heteroatoms. The standard InChI is InChI=1S/C17H24N4O3/c22-16-12-14(13-21(16)15-4-2-1-3-5-15)19-17(23)18-6-7-20-8-10-24-11-9-20/h1-5,14H,6-13H2,(H2,18,19,23)/t14-/m1/s1. The van der Waals surface area contributed by atoms with Crippen molar-refractivity contribution in [3.05, 3.63) is 30.3 Å². The summed E-state index contributed by atoms with van der Waals surface area (Å²) in [6.45, 7) is 5.25. The summed E-state index contributed by atoms with van der Waals surface area (Å²) in [5.74, 6) is 0.0415. The number of morpholine rings is 1. The van der Waals surface area contributed by atoms with Gasteiger partial charge in [0.05, 0.1) is 19.3 Å². The maximum absolute atomic E-state index is 12.1. The van der Waals surface area contributed by atoms with E-state index in [-0.39, 0.29) is 18.0 Å². The molecule has 3 amide bonds. The average molecular weight is 332 g/mol. The molecule has 0 radical (unpaired) electrons. The summed E-state index contributed by atoms with van der Waals surface area (Å²) < 4.78 is 5.29. The third-order valence-electron chi connectivity index (χ3n) is 4.35. The van der Waals surface area contributed by atoms with Gasteiger partial charge in [-0.25, -0.2) is 4.79 Å². The number of amides is 3. The number of hydrogen-bond acceptors (Lipinski definition) is 4. The molecule has 2 heterocycles. The Morgan fingerprint density at radius 1 is 1.21 bits per heavy atom. The first-order chi connectivity index (χ1) is 11.7. The SMILES string of the molecule is O=C(NCCN1CCOCC1)N[C@@H]1CC(=O)N(c2ccccc2)C1. The lowest BCUT2D eigenvalue weighted by Gasteiger charge is -2.26. The van der Waals surface area contributed by atoms with Gasteiger partial charge in [0.25, 0.3) is 0 Å². The predicted octanol–water partition coefficient (Wildman–Crippen LogP) is 0.423. The highest BCUT2D eigenvalue weighted by Gasteiger charge is 2.31. The highest BCUT2D eigenvalue weighted by molar-refractivity contribution is 5.96. The average Bonchev–Trinajstić information content (AvgIpc) is 2.97. The van der Waals surface area contributed by atoms with Crippen LogP contribution in [0.5, 0.6) is 0 Å². The van der Waals surface area contributed by atoms with Gasteiger partial charge in [-0.05, 0) is 12.1 Å². The van der Waals surface area contributed by atoms with Crippen LogP contribution in [0.1, 0.15) is 6.42 Å². The number of rotatable bonds is 5. The summed E-state index contributed by atoms with van der Waals surface area (Å²) in [5, 5.41) is 5.75. The van der Waals surface area contributed by atoms with E-state index in [4.69, 9.17) is 4.74 Å². The molecule has 0 aromatic heterocycles. The molecule has 1 aromatic carbocycles. The Kier molecular flexibility index (Phi) is 5.66. The second-order valence-corrected chi connectivity index (χ2v) is 6.10. The molecule has 1 aromatic rings. The fourth-order valence-corrected chi connectivity index (χ4v) is 3.05. The van der Waals surface area contributed by atoms with E-state index >= 15 is 0 Å². The summed E-state index contributed by atoms with van der Waals surface area (Å²) in [4.78, 5) is 28.1. The van der Waals surface area contributed by atoms with Gasteiger partial charge in [-0.2, -0.15) is 0 Å². The summed E-state index contributed by atoms with van der Waals surface area (Å²) in [6.07, 6.45) is 0.339. The number of hydrogen-bond donors (Lipinski definition) is 2. The van der Waals surface area contributed by atoms with E-state index in [0.717, 1.165) is 38.5 Å². The molecule has 2 N–H and O–H groups in total. The molecule has 2 saturated heterocycles. The zero-order chi connectivity index (χ0) is 16.8. The van der Waals surface area contributed by atoms with Crippen molar-refractivity contribution in [1.29, 1.82) is 0 Å². The fraction of sp³-hybridized carbons (Fsp3) is 0.529. The lowest BCUT2D eigenvalue weighted by molar-refractivity contribution is -0.117. The number of urea groups is 1. The van der Waals surface area contributed by atoms with E-state index in [9.17, 15) is 9.59 Å². The Morgan fingerprint density at radius 3 is 2.71 bits per heavy atom. The number of anilines is 1. The van der Waals surface area contributed by atoms with Crippen molar-refractivity contribution in [2.24, 2.45) is 0 Å². The van der Waals surface area contributed by atoms with Gasteiger partial charge < -0.3 is 20.3 Å². The normalized spacial score (nSPS) is 21.8.